The van der Waals surface area contributed by atoms with E-state index >= 15 is 0 Å². The molecule has 0 saturated carbocycles. The van der Waals surface area contributed by atoms with Gasteiger partial charge in [-0.3, -0.25) is 9.59 Å². The fraction of sp³-hybridized carbons (Fsp3) is 0.211. The van der Waals surface area contributed by atoms with E-state index in [9.17, 15) is 9.59 Å². The van der Waals surface area contributed by atoms with Gasteiger partial charge in [-0.1, -0.05) is 12.1 Å². The lowest BCUT2D eigenvalue weighted by Crippen LogP contribution is -2.46. The number of fused-ring (bicyclic) bond motifs is 2. The average molecular weight is 383 g/mol. The Bertz CT molecular complexity index is 930. The number of amides is 2. The molecular weight excluding hydrogens is 366 g/mol. The molecule has 0 unspecified atom stereocenters. The smallest absolute Gasteiger partial charge is 0.265 e. The number of hydrogen-bond acceptors (Lipinski definition) is 7. The summed E-state index contributed by atoms with van der Waals surface area (Å²) in [5.41, 5.74) is 3.08. The van der Waals surface area contributed by atoms with E-state index in [-0.39, 0.29) is 19.9 Å². The zero-order valence-corrected chi connectivity index (χ0v) is 14.7. The second kappa shape index (κ2) is 7.87. The van der Waals surface area contributed by atoms with Crippen molar-refractivity contribution in [1.82, 2.24) is 10.7 Å². The predicted octanol–water partition coefficient (Wildman–Crippen LogP) is 0.822. The molecule has 2 aliphatic heterocycles. The molecule has 0 aromatic heterocycles. The zero-order valence-electron chi connectivity index (χ0n) is 14.7. The molecule has 0 aliphatic carbocycles. The Morgan fingerprint density at radius 2 is 1.82 bits per heavy atom. The maximum absolute atomic E-state index is 12.2. The van der Waals surface area contributed by atoms with E-state index in [0.29, 0.717) is 23.0 Å². The number of para-hydroxylation sites is 2. The Labute approximate surface area is 160 Å². The summed E-state index contributed by atoms with van der Waals surface area (Å²) in [4.78, 5) is 24.0. The topological polar surface area (TPSA) is 107 Å². The largest absolute Gasteiger partial charge is 0.485 e. The lowest BCUT2D eigenvalue weighted by molar-refractivity contribution is -0.132. The predicted molar refractivity (Wildman–Crippen MR) is 97.7 cm³/mol. The van der Waals surface area contributed by atoms with Gasteiger partial charge < -0.3 is 24.3 Å². The third-order valence-electron chi connectivity index (χ3n) is 4.02. The Morgan fingerprint density at radius 1 is 1.04 bits per heavy atom. The second-order valence-electron chi connectivity index (χ2n) is 5.99. The van der Waals surface area contributed by atoms with Crippen LogP contribution in [0.25, 0.3) is 0 Å². The Balaban J connectivity index is 1.23. The zero-order chi connectivity index (χ0) is 19.3. The molecule has 2 aromatic carbocycles. The first-order valence-electron chi connectivity index (χ1n) is 8.57. The van der Waals surface area contributed by atoms with Crippen LogP contribution in [0.15, 0.2) is 47.6 Å². The number of hydrazone groups is 1. The van der Waals surface area contributed by atoms with Crippen LogP contribution in [0.1, 0.15) is 5.56 Å². The highest BCUT2D eigenvalue weighted by Crippen LogP contribution is 2.32. The summed E-state index contributed by atoms with van der Waals surface area (Å²) in [6, 6.07) is 12.4. The van der Waals surface area contributed by atoms with Gasteiger partial charge in [0.05, 0.1) is 12.8 Å². The first-order chi connectivity index (χ1) is 13.7. The molecule has 0 saturated heterocycles. The van der Waals surface area contributed by atoms with Gasteiger partial charge in [-0.05, 0) is 35.9 Å². The van der Waals surface area contributed by atoms with Crippen molar-refractivity contribution in [2.24, 2.45) is 5.10 Å². The van der Waals surface area contributed by atoms with Crippen LogP contribution in [-0.2, 0) is 9.59 Å². The van der Waals surface area contributed by atoms with Crippen molar-refractivity contribution >= 4 is 18.0 Å². The molecule has 28 heavy (non-hydrogen) atoms. The molecule has 144 valence electrons. The van der Waals surface area contributed by atoms with E-state index in [4.69, 9.17) is 18.9 Å². The summed E-state index contributed by atoms with van der Waals surface area (Å²) in [5.74, 6) is 1.46. The fourth-order valence-electron chi connectivity index (χ4n) is 2.64. The van der Waals surface area contributed by atoms with Crippen molar-refractivity contribution in [3.63, 3.8) is 0 Å². The first kappa shape index (κ1) is 17.7. The number of carbonyl (C=O) groups is 2. The van der Waals surface area contributed by atoms with Crippen molar-refractivity contribution in [3.05, 3.63) is 48.0 Å². The Hall–Kier alpha value is -3.75. The van der Waals surface area contributed by atoms with Crippen molar-refractivity contribution in [3.8, 4) is 23.0 Å². The van der Waals surface area contributed by atoms with E-state index in [2.05, 4.69) is 15.8 Å². The molecule has 0 bridgehead atoms. The number of carbonyl (C=O) groups excluding carboxylic acids is 2. The van der Waals surface area contributed by atoms with Gasteiger partial charge in [0.2, 0.25) is 12.9 Å². The third-order valence-corrected chi connectivity index (χ3v) is 4.02. The number of ether oxygens (including phenoxy) is 4. The van der Waals surface area contributed by atoms with Crippen LogP contribution in [-0.4, -0.2) is 44.1 Å². The standard InChI is InChI=1S/C19H17N3O6/c23-18(22-21-8-12-5-6-14-16(7-12)27-11-26-14)9-20-19(24)17-10-25-13-3-1-2-4-15(13)28-17/h1-8,17H,9-11H2,(H,20,24)(H,22,23)/b21-8-/t17-/m1/s1. The average Bonchev–Trinajstić information content (AvgIpc) is 3.19. The van der Waals surface area contributed by atoms with Crippen LogP contribution in [0, 0.1) is 0 Å². The summed E-state index contributed by atoms with van der Waals surface area (Å²) in [6.07, 6.45) is 0.649. The number of rotatable bonds is 5. The first-order valence-corrected chi connectivity index (χ1v) is 8.57. The highest BCUT2D eigenvalue weighted by Gasteiger charge is 2.27. The molecule has 0 spiro atoms. The molecule has 2 aliphatic rings. The maximum Gasteiger partial charge on any atom is 0.265 e. The lowest BCUT2D eigenvalue weighted by Gasteiger charge is -2.25. The summed E-state index contributed by atoms with van der Waals surface area (Å²) < 4.78 is 21.6. The van der Waals surface area contributed by atoms with Crippen molar-refractivity contribution in [2.45, 2.75) is 6.10 Å². The molecular formula is C19H17N3O6. The van der Waals surface area contributed by atoms with Crippen LogP contribution in [0.4, 0.5) is 0 Å². The SMILES string of the molecule is O=C(CNC(=O)[C@H]1COc2ccccc2O1)N/N=C\c1ccc2c(c1)OCO2. The van der Waals surface area contributed by atoms with E-state index in [1.165, 1.54) is 6.21 Å². The molecule has 0 radical (unpaired) electrons. The summed E-state index contributed by atoms with van der Waals surface area (Å²) in [7, 11) is 0. The molecule has 9 heteroatoms. The Kier molecular flexibility index (Phi) is 4.96. The monoisotopic (exact) mass is 383 g/mol. The molecule has 0 fully saturated rings. The van der Waals surface area contributed by atoms with Gasteiger partial charge in [0, 0.05) is 0 Å². The number of benzene rings is 2. The minimum Gasteiger partial charge on any atom is -0.485 e. The third kappa shape index (κ3) is 3.98. The van der Waals surface area contributed by atoms with Crippen LogP contribution < -0.4 is 29.7 Å². The highest BCUT2D eigenvalue weighted by molar-refractivity contribution is 5.88. The van der Waals surface area contributed by atoms with Crippen molar-refractivity contribution < 1.29 is 28.5 Å². The summed E-state index contributed by atoms with van der Waals surface area (Å²) in [5, 5.41) is 6.36. The van der Waals surface area contributed by atoms with E-state index in [1.807, 2.05) is 6.07 Å². The molecule has 2 amide bonds. The van der Waals surface area contributed by atoms with Gasteiger partial charge in [-0.15, -0.1) is 0 Å². The number of nitrogens with one attached hydrogen (secondary N) is 2. The van der Waals surface area contributed by atoms with Crippen molar-refractivity contribution in [2.75, 3.05) is 19.9 Å². The highest BCUT2D eigenvalue weighted by atomic mass is 16.7. The quantitative estimate of drug-likeness (QED) is 0.585. The minimum atomic E-state index is -0.820. The van der Waals surface area contributed by atoms with Crippen LogP contribution >= 0.6 is 0 Å². The van der Waals surface area contributed by atoms with Crippen molar-refractivity contribution in [1.29, 1.82) is 0 Å². The van der Waals surface area contributed by atoms with E-state index < -0.39 is 17.9 Å². The number of nitrogens with zero attached hydrogens (tertiary/aromatic N) is 1. The molecule has 9 nitrogen and oxygen atoms in total. The van der Waals surface area contributed by atoms with E-state index in [1.54, 1.807) is 36.4 Å². The molecule has 4 rings (SSSR count). The maximum atomic E-state index is 12.2. The minimum absolute atomic E-state index is 0.0761. The van der Waals surface area contributed by atoms with Crippen LogP contribution in [0.2, 0.25) is 0 Å². The van der Waals surface area contributed by atoms with Gasteiger partial charge in [-0.25, -0.2) is 5.43 Å². The van der Waals surface area contributed by atoms with Gasteiger partial charge in [0.25, 0.3) is 11.8 Å². The molecule has 2 heterocycles. The van der Waals surface area contributed by atoms with Gasteiger partial charge in [0.15, 0.2) is 23.0 Å². The van der Waals surface area contributed by atoms with Crippen LogP contribution in [0.5, 0.6) is 23.0 Å². The van der Waals surface area contributed by atoms with Gasteiger partial charge in [-0.2, -0.15) is 5.10 Å². The summed E-state index contributed by atoms with van der Waals surface area (Å²) >= 11 is 0. The molecule has 2 aromatic rings. The van der Waals surface area contributed by atoms with E-state index in [0.717, 1.165) is 5.56 Å². The second-order valence-corrected chi connectivity index (χ2v) is 5.99. The lowest BCUT2D eigenvalue weighted by atomic mass is 10.2. The van der Waals surface area contributed by atoms with Gasteiger partial charge in [0.1, 0.15) is 6.61 Å². The summed E-state index contributed by atoms with van der Waals surface area (Å²) in [6.45, 7) is 0.0270. The normalized spacial score (nSPS) is 16.6. The fourth-order valence-corrected chi connectivity index (χ4v) is 2.64. The molecule has 1 atom stereocenters. The number of hydrogen-bond donors (Lipinski definition) is 2. The van der Waals surface area contributed by atoms with Gasteiger partial charge >= 0.3 is 0 Å². The van der Waals surface area contributed by atoms with Crippen LogP contribution in [0.3, 0.4) is 0 Å². The molecule has 2 N–H and O–H groups in total. The Morgan fingerprint density at radius 3 is 2.71 bits per heavy atom.